The lowest BCUT2D eigenvalue weighted by atomic mass is 9.84. The molecule has 1 aromatic carbocycles. The average molecular weight is 466 g/mol. The number of aromatic amines is 1. The number of carbonyl (C=O) groups excluding carboxylic acids is 1. The molecular formula is C27H32FN3O3. The second kappa shape index (κ2) is 9.74. The highest BCUT2D eigenvalue weighted by Gasteiger charge is 2.44. The summed E-state index contributed by atoms with van der Waals surface area (Å²) in [5.74, 6) is 1.28. The van der Waals surface area contributed by atoms with E-state index in [1.807, 2.05) is 13.0 Å². The number of aromatic nitrogens is 2. The van der Waals surface area contributed by atoms with Gasteiger partial charge in [-0.1, -0.05) is 0 Å². The van der Waals surface area contributed by atoms with Crippen LogP contribution < -0.4 is 10.1 Å². The molecule has 2 aromatic heterocycles. The van der Waals surface area contributed by atoms with E-state index >= 15 is 0 Å². The Labute approximate surface area is 199 Å². The second-order valence-corrected chi connectivity index (χ2v) is 9.50. The van der Waals surface area contributed by atoms with Crippen molar-refractivity contribution in [3.05, 3.63) is 48.0 Å². The summed E-state index contributed by atoms with van der Waals surface area (Å²) in [6, 6.07) is 9.18. The first-order chi connectivity index (χ1) is 16.6. The number of fused-ring (bicyclic) bond motifs is 1. The molecule has 0 aliphatic heterocycles. The SMILES string of the molecule is CCOC(=O)C1CC1CNC1CCC(c2cc3c(-c4cc(F)ccc4OC)ccnc3[nH]2)CC1. The van der Waals surface area contributed by atoms with Gasteiger partial charge in [-0.05, 0) is 93.3 Å². The Kier molecular flexibility index (Phi) is 6.55. The van der Waals surface area contributed by atoms with E-state index in [1.165, 1.54) is 17.8 Å². The fourth-order valence-electron chi connectivity index (χ4n) is 5.33. The molecule has 0 saturated heterocycles. The van der Waals surface area contributed by atoms with Gasteiger partial charge in [-0.25, -0.2) is 9.37 Å². The van der Waals surface area contributed by atoms with Crippen LogP contribution in [0.3, 0.4) is 0 Å². The van der Waals surface area contributed by atoms with Crippen molar-refractivity contribution in [2.45, 2.75) is 51.0 Å². The maximum Gasteiger partial charge on any atom is 0.309 e. The Morgan fingerprint density at radius 2 is 2.00 bits per heavy atom. The average Bonchev–Trinajstić information content (AvgIpc) is 3.51. The maximum atomic E-state index is 14.0. The van der Waals surface area contributed by atoms with Crippen LogP contribution in [0.2, 0.25) is 0 Å². The molecule has 2 aliphatic rings. The molecule has 2 atom stereocenters. The number of methoxy groups -OCH3 is 1. The van der Waals surface area contributed by atoms with Gasteiger partial charge in [0.15, 0.2) is 0 Å². The van der Waals surface area contributed by atoms with E-state index in [0.29, 0.717) is 30.2 Å². The summed E-state index contributed by atoms with van der Waals surface area (Å²) < 4.78 is 24.6. The molecule has 2 heterocycles. The van der Waals surface area contributed by atoms with Crippen LogP contribution in [0.1, 0.15) is 50.6 Å². The number of esters is 1. The normalized spacial score (nSPS) is 24.2. The second-order valence-electron chi connectivity index (χ2n) is 9.50. The third-order valence-corrected chi connectivity index (χ3v) is 7.35. The van der Waals surface area contributed by atoms with E-state index in [4.69, 9.17) is 9.47 Å². The summed E-state index contributed by atoms with van der Waals surface area (Å²) >= 11 is 0. The lowest BCUT2D eigenvalue weighted by Gasteiger charge is -2.28. The van der Waals surface area contributed by atoms with Crippen molar-refractivity contribution in [2.24, 2.45) is 11.8 Å². The number of ether oxygens (including phenoxy) is 2. The Hall–Kier alpha value is -2.93. The highest BCUT2D eigenvalue weighted by molar-refractivity contribution is 5.95. The Balaban J connectivity index is 1.23. The maximum absolute atomic E-state index is 14.0. The van der Waals surface area contributed by atoms with Crippen molar-refractivity contribution in [1.82, 2.24) is 15.3 Å². The molecule has 2 unspecified atom stereocenters. The van der Waals surface area contributed by atoms with Gasteiger partial charge in [0.05, 0.1) is 19.6 Å². The predicted molar refractivity (Wildman–Crippen MR) is 129 cm³/mol. The molecule has 2 fully saturated rings. The van der Waals surface area contributed by atoms with E-state index in [9.17, 15) is 9.18 Å². The summed E-state index contributed by atoms with van der Waals surface area (Å²) in [5, 5.41) is 4.66. The number of rotatable bonds is 8. The highest BCUT2D eigenvalue weighted by atomic mass is 19.1. The van der Waals surface area contributed by atoms with Crippen molar-refractivity contribution >= 4 is 17.0 Å². The van der Waals surface area contributed by atoms with Crippen LogP contribution in [-0.2, 0) is 9.53 Å². The highest BCUT2D eigenvalue weighted by Crippen LogP contribution is 2.41. The predicted octanol–water partition coefficient (Wildman–Crippen LogP) is 5.19. The molecule has 0 bridgehead atoms. The minimum atomic E-state index is -0.290. The van der Waals surface area contributed by atoms with Crippen LogP contribution in [0.5, 0.6) is 5.75 Å². The topological polar surface area (TPSA) is 76.2 Å². The van der Waals surface area contributed by atoms with Crippen molar-refractivity contribution in [2.75, 3.05) is 20.3 Å². The van der Waals surface area contributed by atoms with Crippen LogP contribution in [0.4, 0.5) is 4.39 Å². The summed E-state index contributed by atoms with van der Waals surface area (Å²) in [4.78, 5) is 19.9. The first-order valence-corrected chi connectivity index (χ1v) is 12.3. The van der Waals surface area contributed by atoms with Crippen LogP contribution in [0.15, 0.2) is 36.5 Å². The number of carbonyl (C=O) groups is 1. The van der Waals surface area contributed by atoms with Crippen LogP contribution in [-0.4, -0.2) is 42.2 Å². The molecule has 2 saturated carbocycles. The molecule has 0 amide bonds. The Morgan fingerprint density at radius 1 is 1.18 bits per heavy atom. The lowest BCUT2D eigenvalue weighted by Crippen LogP contribution is -2.34. The quantitative estimate of drug-likeness (QED) is 0.448. The van der Waals surface area contributed by atoms with Crippen molar-refractivity contribution < 1.29 is 18.7 Å². The molecule has 2 aliphatic carbocycles. The van der Waals surface area contributed by atoms with Gasteiger partial charge in [0.25, 0.3) is 0 Å². The summed E-state index contributed by atoms with van der Waals surface area (Å²) in [6.07, 6.45) is 7.10. The summed E-state index contributed by atoms with van der Waals surface area (Å²) in [5.41, 5.74) is 3.65. The fourth-order valence-corrected chi connectivity index (χ4v) is 5.33. The number of pyridine rings is 1. The Bertz CT molecular complexity index is 1170. The number of nitrogens with zero attached hydrogens (tertiary/aromatic N) is 1. The first kappa shape index (κ1) is 22.8. The van der Waals surface area contributed by atoms with Crippen molar-refractivity contribution in [3.63, 3.8) is 0 Å². The monoisotopic (exact) mass is 465 g/mol. The number of benzene rings is 1. The zero-order chi connectivity index (χ0) is 23.7. The van der Waals surface area contributed by atoms with Crippen molar-refractivity contribution in [1.29, 1.82) is 0 Å². The van der Waals surface area contributed by atoms with Gasteiger partial charge in [0, 0.05) is 28.9 Å². The number of halogens is 1. The van der Waals surface area contributed by atoms with E-state index < -0.39 is 0 Å². The van der Waals surface area contributed by atoms with E-state index in [1.54, 1.807) is 19.4 Å². The lowest BCUT2D eigenvalue weighted by molar-refractivity contribution is -0.145. The molecule has 0 radical (unpaired) electrons. The minimum absolute atomic E-state index is 0.0411. The van der Waals surface area contributed by atoms with Crippen LogP contribution in [0, 0.1) is 17.7 Å². The van der Waals surface area contributed by atoms with Gasteiger partial charge in [-0.15, -0.1) is 0 Å². The van der Waals surface area contributed by atoms with Gasteiger partial charge >= 0.3 is 5.97 Å². The van der Waals surface area contributed by atoms with Crippen molar-refractivity contribution in [3.8, 4) is 16.9 Å². The first-order valence-electron chi connectivity index (χ1n) is 12.3. The third-order valence-electron chi connectivity index (χ3n) is 7.35. The molecule has 3 aromatic rings. The van der Waals surface area contributed by atoms with E-state index in [2.05, 4.69) is 21.4 Å². The van der Waals surface area contributed by atoms with Gasteiger partial charge < -0.3 is 19.8 Å². The van der Waals surface area contributed by atoms with Crippen LogP contribution in [0.25, 0.3) is 22.2 Å². The van der Waals surface area contributed by atoms with Gasteiger partial charge in [-0.3, -0.25) is 4.79 Å². The van der Waals surface area contributed by atoms with E-state index in [-0.39, 0.29) is 17.7 Å². The molecule has 2 N–H and O–H groups in total. The molecule has 0 spiro atoms. The minimum Gasteiger partial charge on any atom is -0.496 e. The summed E-state index contributed by atoms with van der Waals surface area (Å²) in [7, 11) is 1.60. The number of nitrogens with one attached hydrogen (secondary N) is 2. The smallest absolute Gasteiger partial charge is 0.309 e. The molecule has 180 valence electrons. The largest absolute Gasteiger partial charge is 0.496 e. The summed E-state index contributed by atoms with van der Waals surface area (Å²) in [6.45, 7) is 3.21. The zero-order valence-corrected chi connectivity index (χ0v) is 19.8. The molecule has 34 heavy (non-hydrogen) atoms. The zero-order valence-electron chi connectivity index (χ0n) is 19.8. The third kappa shape index (κ3) is 4.67. The van der Waals surface area contributed by atoms with Gasteiger partial charge in [-0.2, -0.15) is 0 Å². The van der Waals surface area contributed by atoms with Gasteiger partial charge in [0.2, 0.25) is 0 Å². The van der Waals surface area contributed by atoms with Crippen LogP contribution >= 0.6 is 0 Å². The molecule has 5 rings (SSSR count). The number of hydrogen-bond acceptors (Lipinski definition) is 5. The Morgan fingerprint density at radius 3 is 2.76 bits per heavy atom. The molecule has 7 heteroatoms. The number of hydrogen-bond donors (Lipinski definition) is 2. The van der Waals surface area contributed by atoms with E-state index in [0.717, 1.165) is 60.8 Å². The fraction of sp³-hybridized carbons (Fsp3) is 0.481. The van der Waals surface area contributed by atoms with Gasteiger partial charge in [0.1, 0.15) is 17.2 Å². The molecular weight excluding hydrogens is 433 g/mol. The number of H-pyrrole nitrogens is 1. The molecule has 6 nitrogen and oxygen atoms in total. The standard InChI is InChI=1S/C27H32FN3O3/c1-3-34-27(32)21-12-17(21)15-30-19-7-4-16(5-8-19)24-14-23-20(10-11-29-26(23)31-24)22-13-18(28)6-9-25(22)33-2/h6,9-11,13-14,16-17,19,21,30H,3-5,7-8,12,15H2,1-2H3,(H,29,31).